The van der Waals surface area contributed by atoms with Gasteiger partial charge in [0.15, 0.2) is 0 Å². The van der Waals surface area contributed by atoms with E-state index < -0.39 is 0 Å². The molecule has 2 unspecified atom stereocenters. The van der Waals surface area contributed by atoms with Crippen molar-refractivity contribution < 1.29 is 0 Å². The number of aryl methyl sites for hydroxylation is 2. The minimum Gasteiger partial charge on any atom is -0.330 e. The number of rotatable bonds is 6. The summed E-state index contributed by atoms with van der Waals surface area (Å²) in [6.07, 6.45) is 1.84. The summed E-state index contributed by atoms with van der Waals surface area (Å²) in [6.45, 7) is 10.2. The Bertz CT molecular complexity index is 360. The number of hydrogen-bond donors (Lipinski definition) is 1. The monoisotopic (exact) mass is 257 g/mol. The molecule has 0 aliphatic heterocycles. The number of aromatic nitrogens is 2. The Kier molecular flexibility index (Phi) is 5.47. The zero-order valence-electron chi connectivity index (χ0n) is 11.3. The van der Waals surface area contributed by atoms with Crippen molar-refractivity contribution in [1.82, 2.24) is 9.78 Å². The largest absolute Gasteiger partial charge is 0.330 e. The van der Waals surface area contributed by atoms with E-state index in [9.17, 15) is 0 Å². The van der Waals surface area contributed by atoms with Crippen LogP contribution < -0.4 is 5.73 Å². The Labute approximate surface area is 109 Å². The second kappa shape index (κ2) is 6.41. The van der Waals surface area contributed by atoms with Gasteiger partial charge in [0.05, 0.1) is 16.4 Å². The van der Waals surface area contributed by atoms with Crippen LogP contribution in [0.5, 0.6) is 0 Å². The normalized spacial score (nSPS) is 14.9. The summed E-state index contributed by atoms with van der Waals surface area (Å²) in [5.41, 5.74) is 7.89. The predicted molar refractivity (Wildman–Crippen MR) is 73.4 cm³/mol. The van der Waals surface area contributed by atoms with E-state index in [2.05, 4.69) is 32.8 Å². The lowest BCUT2D eigenvalue weighted by Gasteiger charge is -2.18. The molecule has 0 aromatic carbocycles. The number of nitrogens with zero attached hydrogens (tertiary/aromatic N) is 2. The molecule has 1 rings (SSSR count). The fourth-order valence-corrected chi connectivity index (χ4v) is 2.30. The zero-order chi connectivity index (χ0) is 13.0. The maximum Gasteiger partial charge on any atom is 0.0849 e. The van der Waals surface area contributed by atoms with Crippen LogP contribution in [-0.2, 0) is 19.4 Å². The minimum atomic E-state index is 0.511. The summed E-state index contributed by atoms with van der Waals surface area (Å²) in [5.74, 6) is 1.04. The third kappa shape index (κ3) is 3.23. The maximum atomic E-state index is 6.39. The molecule has 17 heavy (non-hydrogen) atoms. The van der Waals surface area contributed by atoms with Crippen molar-refractivity contribution >= 4 is 11.6 Å². The van der Waals surface area contributed by atoms with Crippen molar-refractivity contribution in [3.8, 4) is 0 Å². The fourth-order valence-electron chi connectivity index (χ4n) is 1.95. The van der Waals surface area contributed by atoms with Crippen molar-refractivity contribution in [1.29, 1.82) is 0 Å². The molecule has 0 aliphatic carbocycles. The van der Waals surface area contributed by atoms with Crippen LogP contribution in [0.2, 0.25) is 5.02 Å². The van der Waals surface area contributed by atoms with Crippen molar-refractivity contribution in [3.63, 3.8) is 0 Å². The average Bonchev–Trinajstić information content (AvgIpc) is 2.65. The standard InChI is InChI=1S/C13H24ClN3/c1-5-11-13(14)12(17(6-2)16-11)7-9(3)10(4)8-15/h9-10H,5-8,15H2,1-4H3. The van der Waals surface area contributed by atoms with E-state index >= 15 is 0 Å². The Morgan fingerprint density at radius 3 is 2.41 bits per heavy atom. The molecule has 0 spiro atoms. The van der Waals surface area contributed by atoms with E-state index in [1.54, 1.807) is 0 Å². The molecule has 0 radical (unpaired) electrons. The lowest BCUT2D eigenvalue weighted by molar-refractivity contribution is 0.383. The van der Waals surface area contributed by atoms with Crippen LogP contribution in [0.4, 0.5) is 0 Å². The first-order valence-corrected chi connectivity index (χ1v) is 6.86. The second-order valence-electron chi connectivity index (χ2n) is 4.77. The molecule has 2 atom stereocenters. The summed E-state index contributed by atoms with van der Waals surface area (Å²) < 4.78 is 2.03. The fraction of sp³-hybridized carbons (Fsp3) is 0.769. The number of nitrogens with two attached hydrogens (primary N) is 1. The smallest absolute Gasteiger partial charge is 0.0849 e. The van der Waals surface area contributed by atoms with Gasteiger partial charge in [-0.3, -0.25) is 4.68 Å². The van der Waals surface area contributed by atoms with Crippen LogP contribution in [0.15, 0.2) is 0 Å². The summed E-state index contributed by atoms with van der Waals surface area (Å²) >= 11 is 6.39. The van der Waals surface area contributed by atoms with Gasteiger partial charge in [0.25, 0.3) is 0 Å². The van der Waals surface area contributed by atoms with E-state index in [4.69, 9.17) is 17.3 Å². The summed E-state index contributed by atoms with van der Waals surface area (Å²) in [5, 5.41) is 5.39. The molecule has 1 aromatic rings. The van der Waals surface area contributed by atoms with Crippen molar-refractivity contribution in [2.75, 3.05) is 6.54 Å². The lowest BCUT2D eigenvalue weighted by atomic mass is 9.91. The van der Waals surface area contributed by atoms with Crippen LogP contribution in [0.3, 0.4) is 0 Å². The van der Waals surface area contributed by atoms with Gasteiger partial charge in [-0.05, 0) is 38.1 Å². The SMILES string of the molecule is CCc1nn(CC)c(CC(C)C(C)CN)c1Cl. The van der Waals surface area contributed by atoms with Gasteiger partial charge in [0, 0.05) is 6.54 Å². The van der Waals surface area contributed by atoms with Gasteiger partial charge in [-0.1, -0.05) is 32.4 Å². The average molecular weight is 258 g/mol. The summed E-state index contributed by atoms with van der Waals surface area (Å²) in [7, 11) is 0. The molecule has 0 saturated heterocycles. The molecule has 0 aliphatic rings. The molecule has 0 fully saturated rings. The molecule has 0 saturated carbocycles. The van der Waals surface area contributed by atoms with Gasteiger partial charge in [-0.25, -0.2) is 0 Å². The molecule has 0 bridgehead atoms. The van der Waals surface area contributed by atoms with Crippen molar-refractivity contribution in [2.45, 2.75) is 47.1 Å². The van der Waals surface area contributed by atoms with Crippen LogP contribution in [0, 0.1) is 11.8 Å². The first kappa shape index (κ1) is 14.5. The molecular formula is C13H24ClN3. The second-order valence-corrected chi connectivity index (χ2v) is 5.15. The molecule has 2 N–H and O–H groups in total. The van der Waals surface area contributed by atoms with E-state index in [1.807, 2.05) is 4.68 Å². The van der Waals surface area contributed by atoms with Gasteiger partial charge < -0.3 is 5.73 Å². The minimum absolute atomic E-state index is 0.511. The highest BCUT2D eigenvalue weighted by atomic mass is 35.5. The van der Waals surface area contributed by atoms with Crippen LogP contribution in [0.1, 0.15) is 39.1 Å². The van der Waals surface area contributed by atoms with Crippen LogP contribution in [0.25, 0.3) is 0 Å². The highest BCUT2D eigenvalue weighted by Crippen LogP contribution is 2.26. The molecular weight excluding hydrogens is 234 g/mol. The van der Waals surface area contributed by atoms with Gasteiger partial charge in [0.1, 0.15) is 0 Å². The van der Waals surface area contributed by atoms with Gasteiger partial charge in [-0.2, -0.15) is 5.10 Å². The first-order valence-electron chi connectivity index (χ1n) is 6.49. The summed E-state index contributed by atoms with van der Waals surface area (Å²) in [6, 6.07) is 0. The van der Waals surface area contributed by atoms with E-state index in [1.165, 1.54) is 5.69 Å². The zero-order valence-corrected chi connectivity index (χ0v) is 12.1. The third-order valence-corrected chi connectivity index (χ3v) is 3.99. The van der Waals surface area contributed by atoms with E-state index in [-0.39, 0.29) is 0 Å². The molecule has 98 valence electrons. The van der Waals surface area contributed by atoms with Crippen molar-refractivity contribution in [2.24, 2.45) is 17.6 Å². The lowest BCUT2D eigenvalue weighted by Crippen LogP contribution is -2.21. The molecule has 1 aromatic heterocycles. The first-order chi connectivity index (χ1) is 8.04. The van der Waals surface area contributed by atoms with Gasteiger partial charge in [-0.15, -0.1) is 0 Å². The Hall–Kier alpha value is -0.540. The molecule has 4 heteroatoms. The molecule has 0 amide bonds. The maximum absolute atomic E-state index is 6.39. The third-order valence-electron chi connectivity index (χ3n) is 3.55. The highest BCUT2D eigenvalue weighted by Gasteiger charge is 2.19. The Morgan fingerprint density at radius 2 is 1.94 bits per heavy atom. The van der Waals surface area contributed by atoms with Crippen LogP contribution in [-0.4, -0.2) is 16.3 Å². The Balaban J connectivity index is 2.92. The van der Waals surface area contributed by atoms with Crippen molar-refractivity contribution in [3.05, 3.63) is 16.4 Å². The van der Waals surface area contributed by atoms with Gasteiger partial charge >= 0.3 is 0 Å². The molecule has 1 heterocycles. The Morgan fingerprint density at radius 1 is 1.29 bits per heavy atom. The number of hydrogen-bond acceptors (Lipinski definition) is 2. The van der Waals surface area contributed by atoms with Gasteiger partial charge in [0.2, 0.25) is 0 Å². The quantitative estimate of drug-likeness (QED) is 0.852. The number of halogens is 1. The highest BCUT2D eigenvalue weighted by molar-refractivity contribution is 6.31. The van der Waals surface area contributed by atoms with E-state index in [0.717, 1.165) is 36.6 Å². The predicted octanol–water partition coefficient (Wildman–Crippen LogP) is 2.89. The molecule has 3 nitrogen and oxygen atoms in total. The topological polar surface area (TPSA) is 43.8 Å². The van der Waals surface area contributed by atoms with Crippen LogP contribution >= 0.6 is 11.6 Å². The summed E-state index contributed by atoms with van der Waals surface area (Å²) in [4.78, 5) is 0. The van der Waals surface area contributed by atoms with E-state index in [0.29, 0.717) is 11.8 Å².